The summed E-state index contributed by atoms with van der Waals surface area (Å²) in [5.41, 5.74) is -0.156. The molecule has 4 nitrogen and oxygen atoms in total. The van der Waals surface area contributed by atoms with Gasteiger partial charge in [-0.15, -0.1) is 0 Å². The molecule has 0 bridgehead atoms. The third-order valence-corrected chi connectivity index (χ3v) is 2.83. The largest absolute Gasteiger partial charge is 0.385 e. The Balaban J connectivity index is 2.96. The molecule has 1 aromatic rings. The van der Waals surface area contributed by atoms with E-state index in [4.69, 9.17) is 9.47 Å². The van der Waals surface area contributed by atoms with Gasteiger partial charge in [0.2, 0.25) is 0 Å². The SMILES string of the molecule is COCCCN(CCOC)c1c(F)cc(C=O)cc1F. The fraction of sp³-hybridized carbons (Fsp3) is 0.500. The zero-order valence-electron chi connectivity index (χ0n) is 11.7. The monoisotopic (exact) mass is 287 g/mol. The molecule has 0 saturated carbocycles. The van der Waals surface area contributed by atoms with Crippen molar-refractivity contribution in [3.63, 3.8) is 0 Å². The van der Waals surface area contributed by atoms with Crippen LogP contribution in [0.1, 0.15) is 16.8 Å². The summed E-state index contributed by atoms with van der Waals surface area (Å²) in [6.07, 6.45) is 1.05. The van der Waals surface area contributed by atoms with Crippen molar-refractivity contribution in [2.75, 3.05) is 45.4 Å². The van der Waals surface area contributed by atoms with Gasteiger partial charge in [0.25, 0.3) is 0 Å². The van der Waals surface area contributed by atoms with Crippen LogP contribution in [0.2, 0.25) is 0 Å². The Bertz CT molecular complexity index is 417. The standard InChI is InChI=1S/C14H19F2NO3/c1-19-6-3-4-17(5-7-20-2)14-12(15)8-11(10-18)9-13(14)16/h8-10H,3-7H2,1-2H3. The molecule has 0 aliphatic carbocycles. The summed E-state index contributed by atoms with van der Waals surface area (Å²) < 4.78 is 37.8. The van der Waals surface area contributed by atoms with Gasteiger partial charge in [0.05, 0.1) is 6.61 Å². The second-order valence-corrected chi connectivity index (χ2v) is 4.28. The maximum atomic E-state index is 14.0. The number of hydrogen-bond acceptors (Lipinski definition) is 4. The van der Waals surface area contributed by atoms with E-state index in [-0.39, 0.29) is 11.3 Å². The molecule has 20 heavy (non-hydrogen) atoms. The van der Waals surface area contributed by atoms with Crippen molar-refractivity contribution in [3.05, 3.63) is 29.3 Å². The van der Waals surface area contributed by atoms with E-state index < -0.39 is 11.6 Å². The number of nitrogens with zero attached hydrogens (tertiary/aromatic N) is 1. The van der Waals surface area contributed by atoms with Crippen molar-refractivity contribution < 1.29 is 23.0 Å². The average Bonchev–Trinajstić information content (AvgIpc) is 2.43. The Morgan fingerprint density at radius 2 is 1.70 bits per heavy atom. The molecule has 0 N–H and O–H groups in total. The minimum absolute atomic E-state index is 0.0210. The van der Waals surface area contributed by atoms with Crippen molar-refractivity contribution in [1.29, 1.82) is 0 Å². The second kappa shape index (κ2) is 8.60. The van der Waals surface area contributed by atoms with E-state index in [1.807, 2.05) is 0 Å². The number of anilines is 1. The molecule has 6 heteroatoms. The summed E-state index contributed by atoms with van der Waals surface area (Å²) >= 11 is 0. The van der Waals surface area contributed by atoms with Crippen LogP contribution in [0.5, 0.6) is 0 Å². The van der Waals surface area contributed by atoms with Gasteiger partial charge in [-0.1, -0.05) is 0 Å². The predicted octanol–water partition coefficient (Wildman–Crippen LogP) is 2.27. The molecule has 0 saturated heterocycles. The van der Waals surface area contributed by atoms with Crippen LogP contribution in [0.4, 0.5) is 14.5 Å². The molecule has 0 heterocycles. The molecule has 1 aromatic carbocycles. The number of methoxy groups -OCH3 is 2. The molecule has 0 fully saturated rings. The summed E-state index contributed by atoms with van der Waals surface area (Å²) in [6.45, 7) is 1.64. The Kier molecular flexibility index (Phi) is 7.11. The number of hydrogen-bond donors (Lipinski definition) is 0. The molecule has 0 spiro atoms. The number of halogens is 2. The molecule has 0 aliphatic rings. The highest BCUT2D eigenvalue weighted by molar-refractivity contribution is 5.76. The number of rotatable bonds is 9. The van der Waals surface area contributed by atoms with E-state index in [0.29, 0.717) is 39.0 Å². The van der Waals surface area contributed by atoms with E-state index in [0.717, 1.165) is 12.1 Å². The highest BCUT2D eigenvalue weighted by Crippen LogP contribution is 2.24. The zero-order chi connectivity index (χ0) is 15.0. The second-order valence-electron chi connectivity index (χ2n) is 4.28. The predicted molar refractivity (Wildman–Crippen MR) is 72.3 cm³/mol. The third kappa shape index (κ3) is 4.54. The third-order valence-electron chi connectivity index (χ3n) is 2.83. The first-order valence-electron chi connectivity index (χ1n) is 6.31. The fourth-order valence-corrected chi connectivity index (χ4v) is 1.89. The summed E-state index contributed by atoms with van der Waals surface area (Å²) in [5, 5.41) is 0. The minimum atomic E-state index is -0.749. The lowest BCUT2D eigenvalue weighted by Crippen LogP contribution is -2.30. The first-order chi connectivity index (χ1) is 9.63. The van der Waals surface area contributed by atoms with Gasteiger partial charge in [0.1, 0.15) is 23.6 Å². The first kappa shape index (κ1) is 16.5. The maximum absolute atomic E-state index is 14.0. The van der Waals surface area contributed by atoms with Gasteiger partial charge in [-0.3, -0.25) is 4.79 Å². The van der Waals surface area contributed by atoms with E-state index in [1.165, 1.54) is 7.11 Å². The van der Waals surface area contributed by atoms with Crippen molar-refractivity contribution >= 4 is 12.0 Å². The van der Waals surface area contributed by atoms with Crippen LogP contribution in [-0.2, 0) is 9.47 Å². The van der Waals surface area contributed by atoms with Crippen molar-refractivity contribution in [2.24, 2.45) is 0 Å². The van der Waals surface area contributed by atoms with Crippen LogP contribution in [0, 0.1) is 11.6 Å². The topological polar surface area (TPSA) is 38.8 Å². The quantitative estimate of drug-likeness (QED) is 0.516. The van der Waals surface area contributed by atoms with Crippen molar-refractivity contribution in [3.8, 4) is 0 Å². The molecular weight excluding hydrogens is 268 g/mol. The maximum Gasteiger partial charge on any atom is 0.150 e. The number of benzene rings is 1. The molecule has 0 atom stereocenters. The van der Waals surface area contributed by atoms with E-state index in [2.05, 4.69) is 0 Å². The van der Waals surface area contributed by atoms with Gasteiger partial charge >= 0.3 is 0 Å². The molecule has 0 amide bonds. The van der Waals surface area contributed by atoms with Gasteiger partial charge in [-0.2, -0.15) is 0 Å². The lowest BCUT2D eigenvalue weighted by molar-refractivity contribution is 0.112. The Morgan fingerprint density at radius 3 is 2.20 bits per heavy atom. The molecule has 0 aliphatic heterocycles. The lowest BCUT2D eigenvalue weighted by Gasteiger charge is -2.25. The van der Waals surface area contributed by atoms with Crippen molar-refractivity contribution in [1.82, 2.24) is 0 Å². The van der Waals surface area contributed by atoms with Crippen LogP contribution in [0.25, 0.3) is 0 Å². The molecule has 0 unspecified atom stereocenters. The molecular formula is C14H19F2NO3. The van der Waals surface area contributed by atoms with Gasteiger partial charge in [0.15, 0.2) is 0 Å². The van der Waals surface area contributed by atoms with Crippen LogP contribution < -0.4 is 4.90 Å². The van der Waals surface area contributed by atoms with Crippen LogP contribution in [-0.4, -0.2) is 46.8 Å². The Labute approximate surface area is 117 Å². The van der Waals surface area contributed by atoms with E-state index in [9.17, 15) is 13.6 Å². The van der Waals surface area contributed by atoms with Crippen LogP contribution in [0.3, 0.4) is 0 Å². The molecule has 0 aromatic heterocycles. The molecule has 112 valence electrons. The summed E-state index contributed by atoms with van der Waals surface area (Å²) in [7, 11) is 3.09. The summed E-state index contributed by atoms with van der Waals surface area (Å²) in [4.78, 5) is 12.1. The lowest BCUT2D eigenvalue weighted by atomic mass is 10.1. The van der Waals surface area contributed by atoms with Crippen LogP contribution >= 0.6 is 0 Å². The zero-order valence-corrected chi connectivity index (χ0v) is 11.7. The fourth-order valence-electron chi connectivity index (χ4n) is 1.89. The summed E-state index contributed by atoms with van der Waals surface area (Å²) in [5.74, 6) is -1.50. The van der Waals surface area contributed by atoms with Crippen LogP contribution in [0.15, 0.2) is 12.1 Å². The van der Waals surface area contributed by atoms with Gasteiger partial charge in [-0.05, 0) is 18.6 Å². The molecule has 1 rings (SSSR count). The Hall–Kier alpha value is -1.53. The highest BCUT2D eigenvalue weighted by Gasteiger charge is 2.17. The van der Waals surface area contributed by atoms with E-state index in [1.54, 1.807) is 12.0 Å². The number of ether oxygens (including phenoxy) is 2. The van der Waals surface area contributed by atoms with Crippen molar-refractivity contribution in [2.45, 2.75) is 6.42 Å². The van der Waals surface area contributed by atoms with E-state index >= 15 is 0 Å². The summed E-state index contributed by atoms with van der Waals surface area (Å²) in [6, 6.07) is 2.06. The highest BCUT2D eigenvalue weighted by atomic mass is 19.1. The minimum Gasteiger partial charge on any atom is -0.385 e. The molecule has 0 radical (unpaired) electrons. The van der Waals surface area contributed by atoms with Gasteiger partial charge in [-0.25, -0.2) is 8.78 Å². The number of aldehydes is 1. The smallest absolute Gasteiger partial charge is 0.150 e. The first-order valence-corrected chi connectivity index (χ1v) is 6.31. The van der Waals surface area contributed by atoms with Gasteiger partial charge in [0, 0.05) is 39.5 Å². The normalized spacial score (nSPS) is 10.6. The number of carbonyl (C=O) groups excluding carboxylic acids is 1. The van der Waals surface area contributed by atoms with Gasteiger partial charge < -0.3 is 14.4 Å². The Morgan fingerprint density at radius 1 is 1.10 bits per heavy atom. The average molecular weight is 287 g/mol. The number of carbonyl (C=O) groups is 1.